The van der Waals surface area contributed by atoms with Gasteiger partial charge in [-0.15, -0.1) is 0 Å². The van der Waals surface area contributed by atoms with Gasteiger partial charge in [-0.05, 0) is 42.5 Å². The zero-order chi connectivity index (χ0) is 18.3. The summed E-state index contributed by atoms with van der Waals surface area (Å²) in [7, 11) is 0. The van der Waals surface area contributed by atoms with Crippen molar-refractivity contribution in [3.63, 3.8) is 0 Å². The molecule has 1 aromatic heterocycles. The number of aromatic nitrogens is 1. The predicted molar refractivity (Wildman–Crippen MR) is 94.0 cm³/mol. The van der Waals surface area contributed by atoms with Gasteiger partial charge in [0, 0.05) is 5.39 Å². The Bertz CT molecular complexity index is 1050. The lowest BCUT2D eigenvalue weighted by molar-refractivity contribution is 0.0228. The lowest BCUT2D eigenvalue weighted by Gasteiger charge is -2.14. The molecule has 1 aliphatic heterocycles. The first kappa shape index (κ1) is 16.2. The van der Waals surface area contributed by atoms with E-state index in [1.807, 2.05) is 0 Å². The van der Waals surface area contributed by atoms with Gasteiger partial charge < -0.3 is 4.74 Å². The highest BCUT2D eigenvalue weighted by atomic mass is 35.5. The zero-order valence-electron chi connectivity index (χ0n) is 13.3. The second kappa shape index (κ2) is 6.24. The van der Waals surface area contributed by atoms with E-state index in [4.69, 9.17) is 16.3 Å². The third kappa shape index (κ3) is 2.70. The van der Waals surface area contributed by atoms with Crippen molar-refractivity contribution in [3.05, 3.63) is 76.4 Å². The van der Waals surface area contributed by atoms with Crippen molar-refractivity contribution in [2.24, 2.45) is 0 Å². The Morgan fingerprint density at radius 2 is 1.69 bits per heavy atom. The molecule has 0 radical (unpaired) electrons. The van der Waals surface area contributed by atoms with Crippen LogP contribution in [0.5, 0.6) is 0 Å². The van der Waals surface area contributed by atoms with E-state index in [2.05, 4.69) is 4.98 Å². The number of nitrogens with zero attached hydrogens (tertiary/aromatic N) is 2. The molecule has 1 aliphatic rings. The first-order chi connectivity index (χ1) is 12.5. The van der Waals surface area contributed by atoms with E-state index in [0.29, 0.717) is 27.4 Å². The summed E-state index contributed by atoms with van der Waals surface area (Å²) in [4.78, 5) is 41.8. The molecule has 4 rings (SSSR count). The molecule has 2 aromatic carbocycles. The van der Waals surface area contributed by atoms with Gasteiger partial charge in [-0.2, -0.15) is 0 Å². The fraction of sp³-hybridized carbons (Fsp3) is 0.0526. The molecule has 26 heavy (non-hydrogen) atoms. The van der Waals surface area contributed by atoms with Crippen molar-refractivity contribution in [1.29, 1.82) is 0 Å². The number of imide groups is 1. The van der Waals surface area contributed by atoms with Crippen LogP contribution in [-0.2, 0) is 4.74 Å². The Labute approximate surface area is 153 Å². The van der Waals surface area contributed by atoms with Gasteiger partial charge in [0.05, 0.1) is 22.2 Å². The number of esters is 1. The van der Waals surface area contributed by atoms with Crippen LogP contribution in [0.25, 0.3) is 10.9 Å². The second-order valence-electron chi connectivity index (χ2n) is 5.69. The van der Waals surface area contributed by atoms with Crippen LogP contribution in [0.2, 0.25) is 5.15 Å². The van der Waals surface area contributed by atoms with Crippen molar-refractivity contribution < 1.29 is 19.1 Å². The monoisotopic (exact) mass is 366 g/mol. The SMILES string of the molecule is O=C(OCN1C(=O)c2ccccc2C1=O)c1ccc2nc(Cl)ccc2c1. The normalized spacial score (nSPS) is 13.2. The van der Waals surface area contributed by atoms with Gasteiger partial charge in [-0.1, -0.05) is 23.7 Å². The smallest absolute Gasteiger partial charge is 0.339 e. The van der Waals surface area contributed by atoms with E-state index in [1.54, 1.807) is 54.6 Å². The molecule has 0 aliphatic carbocycles. The van der Waals surface area contributed by atoms with E-state index < -0.39 is 24.5 Å². The summed E-state index contributed by atoms with van der Waals surface area (Å²) < 4.78 is 5.16. The predicted octanol–water partition coefficient (Wildman–Crippen LogP) is 3.30. The number of carbonyl (C=O) groups excluding carboxylic acids is 3. The molecule has 3 aromatic rings. The van der Waals surface area contributed by atoms with Crippen molar-refractivity contribution in [3.8, 4) is 0 Å². The average Bonchev–Trinajstić information content (AvgIpc) is 2.90. The summed E-state index contributed by atoms with van der Waals surface area (Å²) in [6.07, 6.45) is 0. The van der Waals surface area contributed by atoms with Crippen molar-refractivity contribution in [2.45, 2.75) is 0 Å². The van der Waals surface area contributed by atoms with E-state index >= 15 is 0 Å². The van der Waals surface area contributed by atoms with Crippen LogP contribution in [0.15, 0.2) is 54.6 Å². The minimum Gasteiger partial charge on any atom is -0.440 e. The van der Waals surface area contributed by atoms with Crippen LogP contribution in [-0.4, -0.2) is 34.4 Å². The standard InChI is InChI=1S/C19H11ClN2O4/c20-16-8-6-11-9-12(5-7-15(11)21-16)19(25)26-10-22-17(23)13-3-1-2-4-14(13)18(22)24/h1-9H,10H2. The highest BCUT2D eigenvalue weighted by Gasteiger charge is 2.35. The number of fused-ring (bicyclic) bond motifs is 2. The van der Waals surface area contributed by atoms with Crippen LogP contribution >= 0.6 is 11.6 Å². The third-order valence-corrected chi connectivity index (χ3v) is 4.30. The van der Waals surface area contributed by atoms with Gasteiger partial charge in [0.1, 0.15) is 5.15 Å². The Kier molecular flexibility index (Phi) is 3.89. The maximum absolute atomic E-state index is 12.3. The molecular weight excluding hydrogens is 356 g/mol. The van der Waals surface area contributed by atoms with Gasteiger partial charge in [0.25, 0.3) is 11.8 Å². The molecular formula is C19H11ClN2O4. The fourth-order valence-electron chi connectivity index (χ4n) is 2.79. The van der Waals surface area contributed by atoms with Crippen LogP contribution < -0.4 is 0 Å². The topological polar surface area (TPSA) is 76.6 Å². The number of amides is 2. The van der Waals surface area contributed by atoms with E-state index in [0.717, 1.165) is 10.3 Å². The second-order valence-corrected chi connectivity index (χ2v) is 6.07. The van der Waals surface area contributed by atoms with E-state index in [-0.39, 0.29) is 0 Å². The number of hydrogen-bond donors (Lipinski definition) is 0. The number of halogens is 1. The molecule has 0 atom stereocenters. The molecule has 7 heteroatoms. The van der Waals surface area contributed by atoms with Gasteiger partial charge in [0.15, 0.2) is 6.73 Å². The van der Waals surface area contributed by atoms with Gasteiger partial charge in [0.2, 0.25) is 0 Å². The maximum atomic E-state index is 12.3. The van der Waals surface area contributed by atoms with Crippen molar-refractivity contribution in [2.75, 3.05) is 6.73 Å². The van der Waals surface area contributed by atoms with Crippen LogP contribution in [0.4, 0.5) is 0 Å². The molecule has 0 unspecified atom stereocenters. The summed E-state index contributed by atoms with van der Waals surface area (Å²) >= 11 is 5.84. The summed E-state index contributed by atoms with van der Waals surface area (Å²) in [5, 5.41) is 1.09. The molecule has 2 heterocycles. The highest BCUT2D eigenvalue weighted by molar-refractivity contribution is 6.29. The van der Waals surface area contributed by atoms with Crippen LogP contribution in [0.1, 0.15) is 31.1 Å². The first-order valence-corrected chi connectivity index (χ1v) is 8.11. The van der Waals surface area contributed by atoms with Crippen LogP contribution in [0, 0.1) is 0 Å². The number of hydrogen-bond acceptors (Lipinski definition) is 5. The minimum absolute atomic E-state index is 0.290. The van der Waals surface area contributed by atoms with Crippen molar-refractivity contribution >= 4 is 40.3 Å². The largest absolute Gasteiger partial charge is 0.440 e. The first-order valence-electron chi connectivity index (χ1n) is 7.73. The highest BCUT2D eigenvalue weighted by Crippen LogP contribution is 2.23. The summed E-state index contributed by atoms with van der Waals surface area (Å²) in [6.45, 7) is -0.442. The maximum Gasteiger partial charge on any atom is 0.339 e. The molecule has 6 nitrogen and oxygen atoms in total. The molecule has 2 amide bonds. The van der Waals surface area contributed by atoms with E-state index in [1.165, 1.54) is 0 Å². The molecule has 0 N–H and O–H groups in total. The Hall–Kier alpha value is -3.25. The third-order valence-electron chi connectivity index (χ3n) is 4.09. The fourth-order valence-corrected chi connectivity index (χ4v) is 2.94. The van der Waals surface area contributed by atoms with Gasteiger partial charge in [-0.25, -0.2) is 14.7 Å². The van der Waals surface area contributed by atoms with Gasteiger partial charge in [-0.3, -0.25) is 9.59 Å². The average molecular weight is 367 g/mol. The Morgan fingerprint density at radius 3 is 2.38 bits per heavy atom. The number of benzene rings is 2. The van der Waals surface area contributed by atoms with E-state index in [9.17, 15) is 14.4 Å². The Morgan fingerprint density at radius 1 is 1.00 bits per heavy atom. The molecule has 0 saturated heterocycles. The minimum atomic E-state index is -0.640. The number of ether oxygens (including phenoxy) is 1. The summed E-state index contributed by atoms with van der Waals surface area (Å²) in [5.74, 6) is -1.59. The van der Waals surface area contributed by atoms with Crippen molar-refractivity contribution in [1.82, 2.24) is 9.88 Å². The number of pyridine rings is 1. The molecule has 0 saturated carbocycles. The number of carbonyl (C=O) groups is 3. The molecule has 0 bridgehead atoms. The van der Waals surface area contributed by atoms with Gasteiger partial charge >= 0.3 is 5.97 Å². The zero-order valence-corrected chi connectivity index (χ0v) is 14.1. The molecule has 128 valence electrons. The summed E-state index contributed by atoms with van der Waals surface area (Å²) in [6, 6.07) is 14.7. The lowest BCUT2D eigenvalue weighted by atomic mass is 10.1. The molecule has 0 fully saturated rings. The molecule has 0 spiro atoms. The lowest BCUT2D eigenvalue weighted by Crippen LogP contribution is -2.33. The Balaban J connectivity index is 1.50. The van der Waals surface area contributed by atoms with Crippen LogP contribution in [0.3, 0.4) is 0 Å². The summed E-state index contributed by atoms with van der Waals surface area (Å²) in [5.41, 5.74) is 1.55. The number of rotatable bonds is 3. The quantitative estimate of drug-likeness (QED) is 0.404.